The van der Waals surface area contributed by atoms with Crippen molar-refractivity contribution in [3.05, 3.63) is 54.1 Å². The maximum atomic E-state index is 13.2. The molecule has 4 bridgehead atoms. The lowest BCUT2D eigenvalue weighted by molar-refractivity contribution is -0.0219. The van der Waals surface area contributed by atoms with E-state index in [2.05, 4.69) is 117 Å². The van der Waals surface area contributed by atoms with Gasteiger partial charge in [0.25, 0.3) is 0 Å². The van der Waals surface area contributed by atoms with E-state index in [1.165, 1.54) is 5.57 Å². The van der Waals surface area contributed by atoms with E-state index in [0.717, 1.165) is 143 Å². The number of ether oxygens (including phenoxy) is 6. The summed E-state index contributed by atoms with van der Waals surface area (Å²) in [5.41, 5.74) is 3.77. The standard InChI is InChI=1S/C31H55N5O4Si2.C31H53N5O4Si2/c2*1-31(2,3)40-30(37)35-25-11-10-12-26(35)20-24(19-25)27-21-29(36-28(33-27)13-14-32-36)34(22-38-15-17-41(4,5)6)23-39-16-18-42(7,8)9/h13-14,21,24-26H,10-12,15-20,22-23H2,1-9H3;13-14,19,21,25-26H,10-12,15-18,20,22-23H2,1-9H3. The molecule has 8 heterocycles. The van der Waals surface area contributed by atoms with Crippen LogP contribution >= 0.6 is 0 Å². The Morgan fingerprint density at radius 2 is 0.952 bits per heavy atom. The van der Waals surface area contributed by atoms with Crippen LogP contribution in [-0.2, 0) is 28.4 Å². The number of aromatic nitrogens is 6. The quantitative estimate of drug-likeness (QED) is 0.0370. The van der Waals surface area contributed by atoms with Crippen molar-refractivity contribution in [2.24, 2.45) is 0 Å². The van der Waals surface area contributed by atoms with Crippen LogP contribution in [0.25, 0.3) is 16.9 Å². The first-order chi connectivity index (χ1) is 39.2. The van der Waals surface area contributed by atoms with Crippen LogP contribution in [0.4, 0.5) is 21.2 Å². The number of rotatable bonds is 24. The fourth-order valence-corrected chi connectivity index (χ4v) is 14.3. The monoisotopic (exact) mass is 1230 g/mol. The normalized spacial score (nSPS) is 20.6. The summed E-state index contributed by atoms with van der Waals surface area (Å²) >= 11 is 0. The summed E-state index contributed by atoms with van der Waals surface area (Å²) in [5.74, 6) is 2.11. The first-order valence-electron chi connectivity index (χ1n) is 31.4. The molecule has 4 aliphatic heterocycles. The van der Waals surface area contributed by atoms with E-state index in [1.54, 1.807) is 6.20 Å². The van der Waals surface area contributed by atoms with Crippen LogP contribution in [0.1, 0.15) is 117 Å². The van der Waals surface area contributed by atoms with E-state index in [1.807, 2.05) is 78.7 Å². The molecule has 470 valence electrons. The number of carbonyl (C=O) groups excluding carboxylic acids is 2. The zero-order valence-corrected chi connectivity index (χ0v) is 59.0. The summed E-state index contributed by atoms with van der Waals surface area (Å²) in [6, 6.07) is 13.2. The average molecular weight is 1230 g/mol. The minimum absolute atomic E-state index is 0.0136. The third kappa shape index (κ3) is 20.5. The molecule has 0 radical (unpaired) electrons. The predicted molar refractivity (Wildman–Crippen MR) is 350 cm³/mol. The molecular formula is C62H108N10O8Si4. The van der Waals surface area contributed by atoms with Gasteiger partial charge in [-0.15, -0.1) is 0 Å². The van der Waals surface area contributed by atoms with Crippen molar-refractivity contribution < 1.29 is 38.0 Å². The second-order valence-corrected chi connectivity index (χ2v) is 53.4. The highest BCUT2D eigenvalue weighted by Gasteiger charge is 2.44. The lowest BCUT2D eigenvalue weighted by atomic mass is 9.77. The molecule has 4 unspecified atom stereocenters. The van der Waals surface area contributed by atoms with Crippen molar-refractivity contribution in [1.82, 2.24) is 39.0 Å². The van der Waals surface area contributed by atoms with Crippen LogP contribution in [-0.4, -0.2) is 172 Å². The first kappa shape index (κ1) is 67.3. The topological polar surface area (TPSA) is 163 Å². The van der Waals surface area contributed by atoms with E-state index in [4.69, 9.17) is 38.4 Å². The van der Waals surface area contributed by atoms with E-state index in [0.29, 0.717) is 26.9 Å². The van der Waals surface area contributed by atoms with Crippen LogP contribution in [0.3, 0.4) is 0 Å². The minimum atomic E-state index is -1.21. The summed E-state index contributed by atoms with van der Waals surface area (Å²) in [6.45, 7) is 44.7. The van der Waals surface area contributed by atoms with Gasteiger partial charge in [-0.2, -0.15) is 19.2 Å². The zero-order chi connectivity index (χ0) is 61.4. The average Bonchev–Trinajstić information content (AvgIpc) is 1.72. The molecule has 18 nitrogen and oxygen atoms in total. The molecule has 0 aliphatic carbocycles. The molecule has 4 aliphatic rings. The number of carbonyl (C=O) groups is 2. The van der Waals surface area contributed by atoms with Gasteiger partial charge in [0.05, 0.1) is 24.1 Å². The zero-order valence-electron chi connectivity index (χ0n) is 55.0. The molecule has 0 N–H and O–H groups in total. The van der Waals surface area contributed by atoms with Gasteiger partial charge in [0.1, 0.15) is 49.8 Å². The Labute approximate surface area is 508 Å². The molecule has 2 amide bonds. The maximum absolute atomic E-state index is 13.2. The van der Waals surface area contributed by atoms with E-state index < -0.39 is 43.5 Å². The van der Waals surface area contributed by atoms with Gasteiger partial charge in [0, 0.05) is 113 Å². The molecule has 8 rings (SSSR count). The molecular weight excluding hydrogens is 1130 g/mol. The Hall–Kier alpha value is -4.17. The van der Waals surface area contributed by atoms with Gasteiger partial charge in [0.2, 0.25) is 0 Å². The minimum Gasteiger partial charge on any atom is -0.444 e. The molecule has 4 atom stereocenters. The lowest BCUT2D eigenvalue weighted by Gasteiger charge is -2.48. The highest BCUT2D eigenvalue weighted by atomic mass is 28.3. The SMILES string of the molecule is CC(C)(C)OC(=O)N1C2C=C(c3cc(N(COCC[Si](C)(C)C)COCC[Si](C)(C)C)n4nccc4n3)CC1CCC2.CC(C)(C)OC(=O)N1C2CCCC1CC(c1cc(N(COCC[Si](C)(C)C)COCC[Si](C)(C)C)n3nccc3n1)C2. The molecule has 84 heavy (non-hydrogen) atoms. The van der Waals surface area contributed by atoms with Crippen molar-refractivity contribution in [3.8, 4) is 0 Å². The van der Waals surface area contributed by atoms with E-state index in [9.17, 15) is 9.59 Å². The summed E-state index contributed by atoms with van der Waals surface area (Å²) in [7, 11) is -4.81. The molecule has 3 saturated heterocycles. The van der Waals surface area contributed by atoms with Crippen molar-refractivity contribution in [1.29, 1.82) is 0 Å². The fraction of sp³-hybridized carbons (Fsp3) is 0.742. The number of fused-ring (bicyclic) bond motifs is 6. The summed E-state index contributed by atoms with van der Waals surface area (Å²) in [5, 5.41) is 9.25. The maximum Gasteiger partial charge on any atom is 0.411 e. The van der Waals surface area contributed by atoms with Crippen molar-refractivity contribution in [3.63, 3.8) is 0 Å². The van der Waals surface area contributed by atoms with Crippen molar-refractivity contribution >= 4 is 73.0 Å². The first-order valence-corrected chi connectivity index (χ1v) is 46.3. The number of amides is 2. The Bertz CT molecular complexity index is 2750. The number of nitrogens with zero attached hydrogens (tertiary/aromatic N) is 10. The highest BCUT2D eigenvalue weighted by molar-refractivity contribution is 6.77. The van der Waals surface area contributed by atoms with Crippen molar-refractivity contribution in [2.45, 2.75) is 243 Å². The summed E-state index contributed by atoms with van der Waals surface area (Å²) in [4.78, 5) is 44.7. The van der Waals surface area contributed by atoms with Crippen LogP contribution in [0.15, 0.2) is 42.7 Å². The van der Waals surface area contributed by atoms with E-state index in [-0.39, 0.29) is 42.3 Å². The molecule has 22 heteroatoms. The Morgan fingerprint density at radius 3 is 1.38 bits per heavy atom. The third-order valence-corrected chi connectivity index (χ3v) is 22.7. The predicted octanol–water partition coefficient (Wildman–Crippen LogP) is 14.3. The Morgan fingerprint density at radius 1 is 0.548 bits per heavy atom. The molecule has 3 fully saturated rings. The molecule has 4 aromatic heterocycles. The van der Waals surface area contributed by atoms with Crippen LogP contribution < -0.4 is 9.80 Å². The number of anilines is 2. The van der Waals surface area contributed by atoms with Crippen molar-refractivity contribution in [2.75, 3.05) is 63.2 Å². The van der Waals surface area contributed by atoms with Crippen LogP contribution in [0.5, 0.6) is 0 Å². The molecule has 4 aromatic rings. The number of hydrogen-bond acceptors (Lipinski definition) is 14. The van der Waals surface area contributed by atoms with Gasteiger partial charge in [-0.05, 0) is 129 Å². The third-order valence-electron chi connectivity index (χ3n) is 15.9. The van der Waals surface area contributed by atoms with Gasteiger partial charge in [-0.1, -0.05) is 84.6 Å². The molecule has 0 aromatic carbocycles. The van der Waals surface area contributed by atoms with Crippen LogP contribution in [0.2, 0.25) is 103 Å². The van der Waals surface area contributed by atoms with Gasteiger partial charge in [-0.25, -0.2) is 19.6 Å². The number of piperidine rings is 3. The Balaban J connectivity index is 0.000000241. The highest BCUT2D eigenvalue weighted by Crippen LogP contribution is 2.43. The number of hydrogen-bond donors (Lipinski definition) is 0. The van der Waals surface area contributed by atoms with Gasteiger partial charge in [-0.3, -0.25) is 4.90 Å². The largest absolute Gasteiger partial charge is 0.444 e. The molecule has 0 spiro atoms. The summed E-state index contributed by atoms with van der Waals surface area (Å²) < 4.78 is 40.3. The molecule has 0 saturated carbocycles. The van der Waals surface area contributed by atoms with Gasteiger partial charge >= 0.3 is 12.2 Å². The fourth-order valence-electron chi connectivity index (χ4n) is 11.2. The summed E-state index contributed by atoms with van der Waals surface area (Å²) in [6.07, 6.45) is 14.2. The van der Waals surface area contributed by atoms with Gasteiger partial charge in [0.15, 0.2) is 11.3 Å². The lowest BCUT2D eigenvalue weighted by Crippen LogP contribution is -2.55. The van der Waals surface area contributed by atoms with Crippen LogP contribution in [0, 0.1) is 0 Å². The smallest absolute Gasteiger partial charge is 0.411 e. The Kier molecular flexibility index (Phi) is 22.7. The van der Waals surface area contributed by atoms with Gasteiger partial charge < -0.3 is 43.1 Å². The van der Waals surface area contributed by atoms with E-state index >= 15 is 0 Å². The second-order valence-electron chi connectivity index (χ2n) is 30.9. The second kappa shape index (κ2) is 28.3.